The Balaban J connectivity index is 0.000000440. The van der Waals surface area contributed by atoms with Gasteiger partial charge in [-0.3, -0.25) is 0 Å². The van der Waals surface area contributed by atoms with Crippen molar-refractivity contribution < 1.29 is 16.8 Å². The van der Waals surface area contributed by atoms with Gasteiger partial charge in [-0.05, 0) is 72.1 Å². The van der Waals surface area contributed by atoms with Gasteiger partial charge >= 0.3 is 0 Å². The maximum Gasteiger partial charge on any atom is 0.238 e. The van der Waals surface area contributed by atoms with Crippen LogP contribution in [0.3, 0.4) is 0 Å². The molecule has 0 aromatic heterocycles. The third-order valence-electron chi connectivity index (χ3n) is 7.26. The first-order valence-corrected chi connectivity index (χ1v) is 18.8. The molecule has 0 radical (unpaired) electrons. The van der Waals surface area contributed by atoms with E-state index in [1.54, 1.807) is 12.1 Å². The average molecular weight is 776 g/mol. The Labute approximate surface area is 319 Å². The molecular weight excluding hydrogens is 723 g/mol. The van der Waals surface area contributed by atoms with E-state index in [4.69, 9.17) is 27.5 Å². The highest BCUT2D eigenvalue weighted by molar-refractivity contribution is 7.89. The largest absolute Gasteiger partial charge is 0.399 e. The van der Waals surface area contributed by atoms with Crippen LogP contribution in [0.5, 0.6) is 0 Å². The van der Waals surface area contributed by atoms with E-state index in [2.05, 4.69) is 63.3 Å². The number of rotatable bonds is 10. The van der Waals surface area contributed by atoms with E-state index in [1.165, 1.54) is 47.2 Å². The number of benzene rings is 6. The van der Waals surface area contributed by atoms with E-state index in [0.29, 0.717) is 31.0 Å². The summed E-state index contributed by atoms with van der Waals surface area (Å²) >= 11 is 0. The van der Waals surface area contributed by atoms with Crippen LogP contribution in [0.25, 0.3) is 21.5 Å². The number of sulfonamides is 2. The highest BCUT2D eigenvalue weighted by Gasteiger charge is 2.08. The Morgan fingerprint density at radius 2 is 0.963 bits per heavy atom. The van der Waals surface area contributed by atoms with Crippen molar-refractivity contribution in [2.24, 2.45) is 32.0 Å². The summed E-state index contributed by atoms with van der Waals surface area (Å²) in [5.74, 6) is 0. The van der Waals surface area contributed by atoms with Crippen LogP contribution in [0, 0.1) is 0 Å². The average Bonchev–Trinajstić information content (AvgIpc) is 3.12. The van der Waals surface area contributed by atoms with Crippen molar-refractivity contribution in [3.63, 3.8) is 0 Å². The van der Waals surface area contributed by atoms with Gasteiger partial charge < -0.3 is 27.8 Å². The van der Waals surface area contributed by atoms with Gasteiger partial charge in [-0.25, -0.2) is 27.1 Å². The molecule has 0 saturated carbocycles. The molecule has 0 atom stereocenters. The van der Waals surface area contributed by atoms with Gasteiger partial charge in [0.25, 0.3) is 0 Å². The Hall–Kier alpha value is -5.42. The second-order valence-electron chi connectivity index (χ2n) is 11.0. The second kappa shape index (κ2) is 21.9. The third kappa shape index (κ3) is 13.5. The van der Waals surface area contributed by atoms with Gasteiger partial charge in [0.15, 0.2) is 0 Å². The first kappa shape index (κ1) is 46.6. The van der Waals surface area contributed by atoms with Gasteiger partial charge in [0.1, 0.15) is 0 Å². The molecule has 54 heavy (non-hydrogen) atoms. The molecule has 0 saturated heterocycles. The van der Waals surface area contributed by atoms with E-state index >= 15 is 0 Å². The number of nitrogens with one attached hydrogen (secondary N) is 2. The standard InChI is InChI=1S/C18H19N5O2S.C12H14N2.C6H8N2O2S.3CH4/c19-11-12-21-17-9-10-18(16-4-2-1-3-15(16)17)23-22-13-5-7-14(8-6-13)26(20,24)25;13-8-9-14-12-7-3-5-10-4-1-2-6-11(10)12;7-5-1-3-6(4-2-5)11(8,9)10;;;/h1-10,21H,11-12,19H2,(H2,20,24,25);1-7,14H,8-9,13H2;1-4H,7H2,(H2,8,9,10);3*1H4. The maximum absolute atomic E-state index is 11.3. The van der Waals surface area contributed by atoms with E-state index in [0.717, 1.165) is 34.4 Å². The van der Waals surface area contributed by atoms with Crippen LogP contribution < -0.4 is 38.1 Å². The molecule has 0 aliphatic carbocycles. The predicted molar refractivity (Wildman–Crippen MR) is 227 cm³/mol. The number of nitrogen functional groups attached to an aromatic ring is 1. The Kier molecular flexibility index (Phi) is 18.9. The monoisotopic (exact) mass is 775 g/mol. The van der Waals surface area contributed by atoms with Crippen molar-refractivity contribution >= 4 is 70.0 Å². The zero-order valence-electron chi connectivity index (χ0n) is 27.7. The number of hydrogen-bond acceptors (Lipinski definition) is 11. The number of primary sulfonamides is 2. The molecule has 0 aliphatic heterocycles. The Morgan fingerprint density at radius 3 is 1.50 bits per heavy atom. The molecule has 0 spiro atoms. The normalized spacial score (nSPS) is 10.7. The summed E-state index contributed by atoms with van der Waals surface area (Å²) in [5, 5.41) is 29.5. The van der Waals surface area contributed by atoms with Crippen molar-refractivity contribution in [1.29, 1.82) is 0 Å². The van der Waals surface area contributed by atoms with Crippen molar-refractivity contribution in [3.8, 4) is 0 Å². The smallest absolute Gasteiger partial charge is 0.238 e. The highest BCUT2D eigenvalue weighted by Crippen LogP contribution is 2.33. The molecule has 6 aromatic carbocycles. The van der Waals surface area contributed by atoms with E-state index < -0.39 is 20.0 Å². The molecule has 6 rings (SSSR count). The molecule has 0 amide bonds. The maximum atomic E-state index is 11.3. The fourth-order valence-corrected chi connectivity index (χ4v) is 5.82. The van der Waals surface area contributed by atoms with E-state index in [1.807, 2.05) is 36.4 Å². The molecule has 290 valence electrons. The lowest BCUT2D eigenvalue weighted by atomic mass is 10.1. The predicted octanol–water partition coefficient (Wildman–Crippen LogP) is 7.31. The summed E-state index contributed by atoms with van der Waals surface area (Å²) in [7, 11) is -7.29. The number of nitrogens with two attached hydrogens (primary N) is 5. The molecule has 0 unspecified atom stereocenters. The van der Waals surface area contributed by atoms with Crippen molar-refractivity contribution in [2.45, 2.75) is 32.1 Å². The summed E-state index contributed by atoms with van der Waals surface area (Å²) in [6.45, 7) is 2.70. The van der Waals surface area contributed by atoms with Gasteiger partial charge in [-0.1, -0.05) is 82.9 Å². The van der Waals surface area contributed by atoms with Crippen LogP contribution in [0.15, 0.2) is 147 Å². The molecule has 6 aromatic rings. The Bertz CT molecular complexity index is 2300. The quantitative estimate of drug-likeness (QED) is 0.0544. The van der Waals surface area contributed by atoms with Crippen LogP contribution in [-0.2, 0) is 20.0 Å². The first-order chi connectivity index (χ1) is 24.4. The summed E-state index contributed by atoms with van der Waals surface area (Å²) in [4.78, 5) is 0.115. The number of nitrogens with zero attached hydrogens (tertiary/aromatic N) is 2. The lowest BCUT2D eigenvalue weighted by molar-refractivity contribution is 0.596. The van der Waals surface area contributed by atoms with Crippen molar-refractivity contribution in [1.82, 2.24) is 0 Å². The zero-order valence-corrected chi connectivity index (χ0v) is 29.3. The number of azo groups is 1. The van der Waals surface area contributed by atoms with Gasteiger partial charge in [-0.2, -0.15) is 5.11 Å². The number of fused-ring (bicyclic) bond motifs is 2. The molecule has 12 N–H and O–H groups in total. The lowest BCUT2D eigenvalue weighted by Crippen LogP contribution is -2.13. The van der Waals surface area contributed by atoms with Crippen LogP contribution in [-0.4, -0.2) is 43.0 Å². The topological polar surface area (TPSA) is 247 Å². The van der Waals surface area contributed by atoms with Crippen LogP contribution >= 0.6 is 0 Å². The molecule has 15 heteroatoms. The summed E-state index contributed by atoms with van der Waals surface area (Å²) in [6.07, 6.45) is 0. The molecule has 0 bridgehead atoms. The molecule has 13 nitrogen and oxygen atoms in total. The first-order valence-electron chi connectivity index (χ1n) is 15.7. The van der Waals surface area contributed by atoms with Gasteiger partial charge in [0, 0.05) is 59.4 Å². The molecule has 0 fully saturated rings. The SMILES string of the molecule is C.C.C.NCCNc1ccc(N=Nc2ccc(S(N)(=O)=O)cc2)c2ccccc12.NCCNc1cccc2ccccc12.Nc1ccc(S(N)(=O)=O)cc1. The van der Waals surface area contributed by atoms with E-state index in [9.17, 15) is 16.8 Å². The number of anilines is 3. The minimum absolute atomic E-state index is 0. The van der Waals surface area contributed by atoms with Crippen LogP contribution in [0.2, 0.25) is 0 Å². The second-order valence-corrected chi connectivity index (χ2v) is 14.1. The highest BCUT2D eigenvalue weighted by atomic mass is 32.2. The molecular formula is C39H53N9O4S2. The summed E-state index contributed by atoms with van der Waals surface area (Å²) in [5.41, 5.74) is 20.3. The van der Waals surface area contributed by atoms with Crippen LogP contribution in [0.4, 0.5) is 28.4 Å². The lowest BCUT2D eigenvalue weighted by Gasteiger charge is -2.10. The minimum atomic E-state index is -3.72. The Morgan fingerprint density at radius 1 is 0.500 bits per heavy atom. The van der Waals surface area contributed by atoms with Crippen molar-refractivity contribution in [3.05, 3.63) is 127 Å². The fraction of sp³-hybridized carbons (Fsp3) is 0.179. The van der Waals surface area contributed by atoms with Crippen LogP contribution in [0.1, 0.15) is 22.3 Å². The summed E-state index contributed by atoms with van der Waals surface area (Å²) < 4.78 is 43.9. The minimum Gasteiger partial charge on any atom is -0.399 e. The van der Waals surface area contributed by atoms with E-state index in [-0.39, 0.29) is 32.1 Å². The number of hydrogen-bond donors (Lipinski definition) is 7. The van der Waals surface area contributed by atoms with Crippen molar-refractivity contribution in [2.75, 3.05) is 42.5 Å². The van der Waals surface area contributed by atoms with Gasteiger partial charge in [0.2, 0.25) is 20.0 Å². The van der Waals surface area contributed by atoms with Gasteiger partial charge in [0.05, 0.1) is 21.2 Å². The molecule has 0 aliphatic rings. The van der Waals surface area contributed by atoms with Gasteiger partial charge in [-0.15, -0.1) is 5.11 Å². The fourth-order valence-electron chi connectivity index (χ4n) is 4.79. The summed E-state index contributed by atoms with van der Waals surface area (Å²) in [6, 6.07) is 37.9. The zero-order chi connectivity index (χ0) is 36.9. The molecule has 0 heterocycles. The third-order valence-corrected chi connectivity index (χ3v) is 9.12.